The van der Waals surface area contributed by atoms with Gasteiger partial charge in [-0.3, -0.25) is 9.88 Å². The number of hydrogen-bond donors (Lipinski definition) is 2. The number of aliphatic hydroxyl groups is 1. The van der Waals surface area contributed by atoms with E-state index in [4.69, 9.17) is 0 Å². The van der Waals surface area contributed by atoms with Gasteiger partial charge in [-0.1, -0.05) is 12.1 Å². The van der Waals surface area contributed by atoms with Crippen molar-refractivity contribution < 1.29 is 14.6 Å². The van der Waals surface area contributed by atoms with Gasteiger partial charge in [0.15, 0.2) is 0 Å². The summed E-state index contributed by atoms with van der Waals surface area (Å²) in [5, 5.41) is 19.9. The number of halogens is 1. The largest absolute Gasteiger partial charge is 0.506 e. The molecule has 2 unspecified atom stereocenters. The Hall–Kier alpha value is -1.98. The third-order valence-corrected chi connectivity index (χ3v) is 4.08. The highest BCUT2D eigenvalue weighted by molar-refractivity contribution is 5.28. The predicted octanol–water partition coefficient (Wildman–Crippen LogP) is 2.54. The number of aryl methyl sites for hydroxylation is 1. The zero-order valence-electron chi connectivity index (χ0n) is 12.4. The van der Waals surface area contributed by atoms with E-state index in [2.05, 4.69) is 9.88 Å². The Bertz CT molecular complexity index is 660. The van der Waals surface area contributed by atoms with E-state index in [0.717, 1.165) is 11.3 Å². The zero-order valence-corrected chi connectivity index (χ0v) is 12.4. The summed E-state index contributed by atoms with van der Waals surface area (Å²) < 4.78 is 13.1. The number of nitrogens with zero attached hydrogens (tertiary/aromatic N) is 2. The van der Waals surface area contributed by atoms with Crippen LogP contribution in [0, 0.1) is 12.7 Å². The number of rotatable bonds is 3. The van der Waals surface area contributed by atoms with Gasteiger partial charge in [-0.2, -0.15) is 0 Å². The maximum Gasteiger partial charge on any atom is 0.138 e. The molecule has 1 saturated heterocycles. The summed E-state index contributed by atoms with van der Waals surface area (Å²) in [6, 6.07) is 9.74. The number of benzene rings is 1. The van der Waals surface area contributed by atoms with E-state index in [1.807, 2.05) is 6.92 Å². The molecule has 0 bridgehead atoms. The van der Waals surface area contributed by atoms with E-state index in [9.17, 15) is 14.6 Å². The Kier molecular flexibility index (Phi) is 4.09. The van der Waals surface area contributed by atoms with Crippen molar-refractivity contribution in [3.8, 4) is 5.75 Å². The number of likely N-dealkylation sites (tertiary alicyclic amines) is 1. The molecule has 2 atom stereocenters. The van der Waals surface area contributed by atoms with Crippen LogP contribution in [0.15, 0.2) is 36.4 Å². The topological polar surface area (TPSA) is 56.6 Å². The molecule has 1 aliphatic heterocycles. The van der Waals surface area contributed by atoms with Gasteiger partial charge in [-0.05, 0) is 43.2 Å². The first kappa shape index (κ1) is 14.9. The number of aromatic nitrogens is 1. The fourth-order valence-corrected chi connectivity index (χ4v) is 3.00. The molecule has 1 aromatic carbocycles. The van der Waals surface area contributed by atoms with Gasteiger partial charge in [0.25, 0.3) is 0 Å². The van der Waals surface area contributed by atoms with Crippen LogP contribution in [0.1, 0.15) is 29.4 Å². The van der Waals surface area contributed by atoms with E-state index in [0.29, 0.717) is 25.2 Å². The summed E-state index contributed by atoms with van der Waals surface area (Å²) in [4.78, 5) is 6.44. The maximum atomic E-state index is 13.1. The predicted molar refractivity (Wildman–Crippen MR) is 80.8 cm³/mol. The van der Waals surface area contributed by atoms with Crippen molar-refractivity contribution in [2.24, 2.45) is 0 Å². The van der Waals surface area contributed by atoms with Crippen LogP contribution >= 0.6 is 0 Å². The van der Waals surface area contributed by atoms with Gasteiger partial charge >= 0.3 is 0 Å². The molecule has 1 aromatic heterocycles. The average Bonchev–Trinajstić information content (AvgIpc) is 2.84. The summed E-state index contributed by atoms with van der Waals surface area (Å²) in [7, 11) is 0. The lowest BCUT2D eigenvalue weighted by Gasteiger charge is -2.24. The van der Waals surface area contributed by atoms with Crippen molar-refractivity contribution in [3.63, 3.8) is 0 Å². The standard InChI is InChI=1S/C17H19FN2O2/c1-11-2-7-17(22)15(19-11)10-20-9-14(21)8-16(20)12-3-5-13(18)6-4-12/h2-7,14,16,21-22H,8-10H2,1H3. The average molecular weight is 302 g/mol. The summed E-state index contributed by atoms with van der Waals surface area (Å²) in [5.74, 6) is -0.114. The van der Waals surface area contributed by atoms with Crippen molar-refractivity contribution in [1.82, 2.24) is 9.88 Å². The second kappa shape index (κ2) is 6.02. The summed E-state index contributed by atoms with van der Waals surface area (Å²) >= 11 is 0. The van der Waals surface area contributed by atoms with Crippen LogP contribution in [0.5, 0.6) is 5.75 Å². The van der Waals surface area contributed by atoms with Crippen molar-refractivity contribution in [3.05, 3.63) is 59.2 Å². The molecule has 0 spiro atoms. The molecule has 4 nitrogen and oxygen atoms in total. The lowest BCUT2D eigenvalue weighted by Crippen LogP contribution is -2.25. The van der Waals surface area contributed by atoms with Gasteiger partial charge in [0.1, 0.15) is 11.6 Å². The minimum Gasteiger partial charge on any atom is -0.506 e. The highest BCUT2D eigenvalue weighted by atomic mass is 19.1. The summed E-state index contributed by atoms with van der Waals surface area (Å²) in [5.41, 5.74) is 2.40. The number of β-amino-alcohol motifs (C(OH)–C–C–N with tert-alkyl or cyclic N) is 1. The first-order chi connectivity index (χ1) is 10.5. The van der Waals surface area contributed by atoms with Crippen LogP contribution in [0.3, 0.4) is 0 Å². The van der Waals surface area contributed by atoms with Gasteiger partial charge in [-0.25, -0.2) is 4.39 Å². The molecule has 1 fully saturated rings. The molecule has 116 valence electrons. The van der Waals surface area contributed by atoms with E-state index in [-0.39, 0.29) is 17.6 Å². The first-order valence-electron chi connectivity index (χ1n) is 7.36. The number of pyridine rings is 1. The maximum absolute atomic E-state index is 13.1. The van der Waals surface area contributed by atoms with Crippen molar-refractivity contribution >= 4 is 0 Å². The number of aliphatic hydroxyl groups excluding tert-OH is 1. The van der Waals surface area contributed by atoms with E-state index in [1.165, 1.54) is 12.1 Å². The third-order valence-electron chi connectivity index (χ3n) is 4.08. The Morgan fingerprint density at radius 3 is 2.68 bits per heavy atom. The Labute approximate surface area is 128 Å². The van der Waals surface area contributed by atoms with Crippen LogP contribution in [-0.4, -0.2) is 32.7 Å². The molecular formula is C17H19FN2O2. The van der Waals surface area contributed by atoms with Crippen LogP contribution in [0.2, 0.25) is 0 Å². The van der Waals surface area contributed by atoms with Crippen LogP contribution in [0.4, 0.5) is 4.39 Å². The van der Waals surface area contributed by atoms with Gasteiger partial charge < -0.3 is 10.2 Å². The third kappa shape index (κ3) is 3.10. The smallest absolute Gasteiger partial charge is 0.138 e. The first-order valence-corrected chi connectivity index (χ1v) is 7.36. The molecule has 2 N–H and O–H groups in total. The highest BCUT2D eigenvalue weighted by Gasteiger charge is 2.32. The van der Waals surface area contributed by atoms with Crippen LogP contribution < -0.4 is 0 Å². The van der Waals surface area contributed by atoms with E-state index >= 15 is 0 Å². The minimum atomic E-state index is -0.429. The number of aromatic hydroxyl groups is 1. The Morgan fingerprint density at radius 1 is 1.23 bits per heavy atom. The molecule has 0 aliphatic carbocycles. The fourth-order valence-electron chi connectivity index (χ4n) is 3.00. The summed E-state index contributed by atoms with van der Waals surface area (Å²) in [6.07, 6.45) is 0.167. The molecule has 2 heterocycles. The van der Waals surface area contributed by atoms with Gasteiger partial charge in [0, 0.05) is 24.8 Å². The SMILES string of the molecule is Cc1ccc(O)c(CN2CC(O)CC2c2ccc(F)cc2)n1. The van der Waals surface area contributed by atoms with Crippen LogP contribution in [0.25, 0.3) is 0 Å². The minimum absolute atomic E-state index is 0.00249. The lowest BCUT2D eigenvalue weighted by molar-refractivity contribution is 0.171. The second-order valence-corrected chi connectivity index (χ2v) is 5.80. The highest BCUT2D eigenvalue weighted by Crippen LogP contribution is 2.34. The molecule has 2 aromatic rings. The Balaban J connectivity index is 1.84. The molecule has 3 rings (SSSR count). The monoisotopic (exact) mass is 302 g/mol. The number of hydrogen-bond acceptors (Lipinski definition) is 4. The van der Waals surface area contributed by atoms with Crippen molar-refractivity contribution in [2.75, 3.05) is 6.54 Å². The Morgan fingerprint density at radius 2 is 1.95 bits per heavy atom. The molecule has 0 amide bonds. The normalized spacial score (nSPS) is 22.1. The summed E-state index contributed by atoms with van der Waals surface area (Å²) in [6.45, 7) is 2.84. The molecule has 22 heavy (non-hydrogen) atoms. The molecule has 1 aliphatic rings. The molecule has 0 radical (unpaired) electrons. The van der Waals surface area contributed by atoms with Gasteiger partial charge in [-0.15, -0.1) is 0 Å². The van der Waals surface area contributed by atoms with Crippen molar-refractivity contribution in [1.29, 1.82) is 0 Å². The molecule has 0 saturated carbocycles. The van der Waals surface area contributed by atoms with Crippen molar-refractivity contribution in [2.45, 2.75) is 32.0 Å². The fraction of sp³-hybridized carbons (Fsp3) is 0.353. The van der Waals surface area contributed by atoms with Crippen LogP contribution in [-0.2, 0) is 6.54 Å². The van der Waals surface area contributed by atoms with E-state index < -0.39 is 6.10 Å². The van der Waals surface area contributed by atoms with Gasteiger partial charge in [0.2, 0.25) is 0 Å². The molecule has 5 heteroatoms. The quantitative estimate of drug-likeness (QED) is 0.915. The van der Waals surface area contributed by atoms with Gasteiger partial charge in [0.05, 0.1) is 11.8 Å². The lowest BCUT2D eigenvalue weighted by atomic mass is 10.0. The molecular weight excluding hydrogens is 283 g/mol. The zero-order chi connectivity index (χ0) is 15.7. The van der Waals surface area contributed by atoms with E-state index in [1.54, 1.807) is 24.3 Å². The second-order valence-electron chi connectivity index (χ2n) is 5.80.